The van der Waals surface area contributed by atoms with Crippen LogP contribution in [0.25, 0.3) is 0 Å². The van der Waals surface area contributed by atoms with Crippen molar-refractivity contribution < 1.29 is 9.05 Å². The van der Waals surface area contributed by atoms with Crippen LogP contribution >= 0.6 is 18.9 Å². The molecule has 6 atom stereocenters. The summed E-state index contributed by atoms with van der Waals surface area (Å²) in [5.41, 5.74) is 3.33. The zero-order chi connectivity index (χ0) is 15.3. The largest absolute Gasteiger partial charge is 0.484 e. The van der Waals surface area contributed by atoms with Gasteiger partial charge in [0.15, 0.2) is 0 Å². The summed E-state index contributed by atoms with van der Waals surface area (Å²) in [4.78, 5) is 0. The first kappa shape index (κ1) is 15.0. The Morgan fingerprint density at radius 1 is 1.18 bits per heavy atom. The van der Waals surface area contributed by atoms with E-state index in [-0.39, 0.29) is 5.41 Å². The van der Waals surface area contributed by atoms with Crippen molar-refractivity contribution in [3.05, 3.63) is 41.2 Å². The molecule has 0 heterocycles. The van der Waals surface area contributed by atoms with Crippen molar-refractivity contribution in [1.29, 1.82) is 0 Å². The molecule has 4 rings (SSSR count). The van der Waals surface area contributed by atoms with Gasteiger partial charge in [0, 0.05) is 5.41 Å². The second-order valence-electron chi connectivity index (χ2n) is 7.27. The number of hydrogen-bond acceptors (Lipinski definition) is 2. The number of hydrogen-bond donors (Lipinski definition) is 0. The molecule has 0 amide bonds. The summed E-state index contributed by atoms with van der Waals surface area (Å²) in [6.45, 7) is 2.41. The lowest BCUT2D eigenvalue weighted by Gasteiger charge is -2.49. The highest BCUT2D eigenvalue weighted by atomic mass is 31.0. The Morgan fingerprint density at radius 3 is 2.82 bits per heavy atom. The lowest BCUT2D eigenvalue weighted by atomic mass is 9.55. The predicted molar refractivity (Wildman–Crippen MR) is 95.7 cm³/mol. The zero-order valence-corrected chi connectivity index (χ0v) is 15.4. The molecular weight excluding hydrogens is 310 g/mol. The highest BCUT2D eigenvalue weighted by Crippen LogP contribution is 2.61. The fourth-order valence-electron chi connectivity index (χ4n) is 5.34. The van der Waals surface area contributed by atoms with Crippen LogP contribution in [-0.4, -0.2) is 0 Å². The molecule has 0 bridgehead atoms. The predicted octanol–water partition coefficient (Wildman–Crippen LogP) is 5.01. The van der Waals surface area contributed by atoms with Gasteiger partial charge in [-0.25, -0.2) is 0 Å². The van der Waals surface area contributed by atoms with Gasteiger partial charge in [-0.15, -0.1) is 0 Å². The molecule has 0 spiro atoms. The first-order valence-electron chi connectivity index (χ1n) is 8.24. The second kappa shape index (κ2) is 5.50. The molecule has 4 heteroatoms. The Kier molecular flexibility index (Phi) is 3.74. The maximum absolute atomic E-state index is 5.62. The SMILES string of the molecule is C[C@]12CCC3c4ccc(OP)cc4CCC3C1CC=C2OP. The van der Waals surface area contributed by atoms with Gasteiger partial charge < -0.3 is 9.05 Å². The van der Waals surface area contributed by atoms with Crippen LogP contribution in [0.15, 0.2) is 30.0 Å². The number of rotatable bonds is 2. The van der Waals surface area contributed by atoms with Crippen LogP contribution < -0.4 is 4.52 Å². The molecule has 3 aliphatic carbocycles. The van der Waals surface area contributed by atoms with E-state index in [1.54, 1.807) is 5.56 Å². The van der Waals surface area contributed by atoms with E-state index in [0.717, 1.165) is 23.5 Å². The van der Waals surface area contributed by atoms with Crippen LogP contribution in [0.5, 0.6) is 5.75 Å². The van der Waals surface area contributed by atoms with E-state index in [0.29, 0.717) is 0 Å². The first-order chi connectivity index (χ1) is 10.7. The molecule has 1 aromatic rings. The quantitative estimate of drug-likeness (QED) is 0.708. The molecule has 22 heavy (non-hydrogen) atoms. The van der Waals surface area contributed by atoms with Crippen molar-refractivity contribution in [3.63, 3.8) is 0 Å². The summed E-state index contributed by atoms with van der Waals surface area (Å²) >= 11 is 0. The van der Waals surface area contributed by atoms with Crippen LogP contribution in [0.1, 0.15) is 49.7 Å². The molecule has 0 aliphatic heterocycles. The molecule has 0 radical (unpaired) electrons. The average Bonchev–Trinajstić information content (AvgIpc) is 2.90. The Hall–Kier alpha value is -0.580. The van der Waals surface area contributed by atoms with Gasteiger partial charge in [-0.3, -0.25) is 0 Å². The minimum atomic E-state index is 0.254. The molecule has 1 saturated carbocycles. The Balaban J connectivity index is 1.67. The molecule has 0 N–H and O–H groups in total. The molecular formula is C18H24O2P2. The molecule has 5 unspecified atom stereocenters. The lowest BCUT2D eigenvalue weighted by Crippen LogP contribution is -2.41. The van der Waals surface area contributed by atoms with E-state index in [4.69, 9.17) is 9.05 Å². The number of fused-ring (bicyclic) bond motifs is 5. The van der Waals surface area contributed by atoms with E-state index >= 15 is 0 Å². The van der Waals surface area contributed by atoms with Crippen molar-refractivity contribution in [1.82, 2.24) is 0 Å². The van der Waals surface area contributed by atoms with E-state index < -0.39 is 0 Å². The van der Waals surface area contributed by atoms with Crippen molar-refractivity contribution in [2.45, 2.75) is 44.9 Å². The van der Waals surface area contributed by atoms with Gasteiger partial charge in [0.2, 0.25) is 0 Å². The van der Waals surface area contributed by atoms with Gasteiger partial charge in [-0.1, -0.05) is 13.0 Å². The maximum Gasteiger partial charge on any atom is 0.122 e. The Bertz CT molecular complexity index is 628. The summed E-state index contributed by atoms with van der Waals surface area (Å²) in [7, 11) is 4.80. The van der Waals surface area contributed by atoms with E-state index in [2.05, 4.69) is 50.1 Å². The minimum Gasteiger partial charge on any atom is -0.484 e. The van der Waals surface area contributed by atoms with Crippen molar-refractivity contribution in [3.8, 4) is 5.75 Å². The number of benzene rings is 1. The molecule has 1 aromatic carbocycles. The minimum absolute atomic E-state index is 0.254. The number of aryl methyl sites for hydroxylation is 1. The molecule has 0 saturated heterocycles. The first-order valence-corrected chi connectivity index (χ1v) is 9.18. The van der Waals surface area contributed by atoms with E-state index in [9.17, 15) is 0 Å². The second-order valence-corrected chi connectivity index (χ2v) is 7.74. The number of allylic oxidation sites excluding steroid dienone is 2. The average molecular weight is 334 g/mol. The smallest absolute Gasteiger partial charge is 0.122 e. The summed E-state index contributed by atoms with van der Waals surface area (Å²) in [6, 6.07) is 6.66. The van der Waals surface area contributed by atoms with Crippen LogP contribution in [0.3, 0.4) is 0 Å². The van der Waals surface area contributed by atoms with Crippen LogP contribution in [0.4, 0.5) is 0 Å². The normalized spacial score (nSPS) is 36.0. The van der Waals surface area contributed by atoms with Crippen LogP contribution in [0, 0.1) is 17.3 Å². The summed E-state index contributed by atoms with van der Waals surface area (Å²) in [5, 5.41) is 0. The van der Waals surface area contributed by atoms with Gasteiger partial charge in [-0.05, 0) is 79.2 Å². The van der Waals surface area contributed by atoms with Gasteiger partial charge in [0.1, 0.15) is 11.5 Å². The molecule has 118 valence electrons. The highest BCUT2D eigenvalue weighted by molar-refractivity contribution is 7.10. The molecule has 1 fully saturated rings. The van der Waals surface area contributed by atoms with Crippen molar-refractivity contribution >= 4 is 18.9 Å². The third-order valence-corrected chi connectivity index (χ3v) is 7.00. The highest BCUT2D eigenvalue weighted by Gasteiger charge is 2.52. The third kappa shape index (κ3) is 2.07. The van der Waals surface area contributed by atoms with Crippen LogP contribution in [-0.2, 0) is 10.9 Å². The van der Waals surface area contributed by atoms with Crippen molar-refractivity contribution in [2.24, 2.45) is 17.3 Å². The molecule has 0 aromatic heterocycles. The summed E-state index contributed by atoms with van der Waals surface area (Å²) < 4.78 is 10.9. The fourth-order valence-corrected chi connectivity index (χ4v) is 5.85. The zero-order valence-electron chi connectivity index (χ0n) is 13.0. The molecule has 3 aliphatic rings. The Labute approximate surface area is 137 Å². The summed E-state index contributed by atoms with van der Waals surface area (Å²) in [5.74, 6) is 4.43. The topological polar surface area (TPSA) is 18.5 Å². The van der Waals surface area contributed by atoms with Gasteiger partial charge >= 0.3 is 0 Å². The summed E-state index contributed by atoms with van der Waals surface area (Å²) in [6.07, 6.45) is 8.51. The maximum atomic E-state index is 5.62. The Morgan fingerprint density at radius 2 is 2.05 bits per heavy atom. The van der Waals surface area contributed by atoms with E-state index in [1.807, 2.05) is 0 Å². The standard InChI is InChI=1S/C18H24O2P2/c1-18-9-8-14-13-5-3-12(19-21)10-11(13)2-4-15(14)16(18)6-7-17(18)20-22/h3,5,7,10,14-16H,2,4,6,8-9,21-22H2,1H3/t14?,15?,16?,18-/m0/s1. The third-order valence-electron chi connectivity index (χ3n) is 6.47. The molecule has 2 nitrogen and oxygen atoms in total. The van der Waals surface area contributed by atoms with Gasteiger partial charge in [0.05, 0.1) is 18.9 Å². The monoisotopic (exact) mass is 334 g/mol. The van der Waals surface area contributed by atoms with Crippen LogP contribution in [0.2, 0.25) is 0 Å². The van der Waals surface area contributed by atoms with E-state index in [1.165, 1.54) is 43.4 Å². The van der Waals surface area contributed by atoms with Gasteiger partial charge in [0.25, 0.3) is 0 Å². The van der Waals surface area contributed by atoms with Crippen molar-refractivity contribution in [2.75, 3.05) is 0 Å². The fraction of sp³-hybridized carbons (Fsp3) is 0.556. The van der Waals surface area contributed by atoms with Gasteiger partial charge in [-0.2, -0.15) is 0 Å². The lowest BCUT2D eigenvalue weighted by molar-refractivity contribution is 0.0547.